The predicted octanol–water partition coefficient (Wildman–Crippen LogP) is 3.41. The van der Waals surface area contributed by atoms with Gasteiger partial charge in [0.15, 0.2) is 0 Å². The van der Waals surface area contributed by atoms with Gasteiger partial charge in [-0.3, -0.25) is 4.98 Å². The van der Waals surface area contributed by atoms with Gasteiger partial charge in [-0.25, -0.2) is 15.0 Å². The summed E-state index contributed by atoms with van der Waals surface area (Å²) in [4.78, 5) is 20.7. The first-order chi connectivity index (χ1) is 15.5. The molecule has 1 aliphatic heterocycles. The van der Waals surface area contributed by atoms with Crippen LogP contribution in [0.1, 0.15) is 17.5 Å². The maximum Gasteiger partial charge on any atom is 0.143 e. The first kappa shape index (κ1) is 20.7. The highest BCUT2D eigenvalue weighted by atomic mass is 32.1. The summed E-state index contributed by atoms with van der Waals surface area (Å²) in [6, 6.07) is 9.87. The molecule has 2 atom stereocenters. The van der Waals surface area contributed by atoms with Crippen molar-refractivity contribution in [2.45, 2.75) is 32.4 Å². The van der Waals surface area contributed by atoms with Crippen LogP contribution >= 0.6 is 11.3 Å². The van der Waals surface area contributed by atoms with Crippen molar-refractivity contribution >= 4 is 39.0 Å². The SMILES string of the molecule is Cc1cccnc1-c1nc2cc(Nc3ccc(C)c(N4C[C@H](N)C[C@H]4CO)n3)ncc2s1. The number of thiazole rings is 1. The fourth-order valence-electron chi connectivity index (χ4n) is 4.11. The van der Waals surface area contributed by atoms with Gasteiger partial charge in [0, 0.05) is 31.0 Å². The molecule has 32 heavy (non-hydrogen) atoms. The average molecular weight is 448 g/mol. The molecule has 0 radical (unpaired) electrons. The van der Waals surface area contributed by atoms with E-state index in [0.29, 0.717) is 18.2 Å². The lowest BCUT2D eigenvalue weighted by Gasteiger charge is -2.26. The summed E-state index contributed by atoms with van der Waals surface area (Å²) in [7, 11) is 0. The van der Waals surface area contributed by atoms with Gasteiger partial charge < -0.3 is 21.1 Å². The van der Waals surface area contributed by atoms with Gasteiger partial charge in [0.2, 0.25) is 0 Å². The summed E-state index contributed by atoms with van der Waals surface area (Å²) < 4.78 is 1.00. The standard InChI is InChI=1S/C23H25N7OS/c1-13-4-3-7-25-21(13)23-27-17-9-20(26-10-18(17)32-23)28-19-6-5-14(2)22(29-19)30-11-15(24)8-16(30)12-31/h3-7,9-10,15-16,31H,8,11-12,24H2,1-2H3,(H,26,28,29)/t15-,16+/m1/s1. The topological polar surface area (TPSA) is 113 Å². The number of anilines is 3. The van der Waals surface area contributed by atoms with Gasteiger partial charge in [0.05, 0.1) is 22.9 Å². The molecule has 0 amide bonds. The number of nitrogens with two attached hydrogens (primary N) is 1. The van der Waals surface area contributed by atoms with Gasteiger partial charge in [-0.15, -0.1) is 11.3 Å². The minimum absolute atomic E-state index is 0.00981. The Morgan fingerprint density at radius 3 is 2.84 bits per heavy atom. The van der Waals surface area contributed by atoms with Crippen LogP contribution in [0.2, 0.25) is 0 Å². The third-order valence-electron chi connectivity index (χ3n) is 5.74. The lowest BCUT2D eigenvalue weighted by atomic mass is 10.2. The first-order valence-electron chi connectivity index (χ1n) is 10.6. The number of rotatable bonds is 5. The molecule has 1 aliphatic rings. The van der Waals surface area contributed by atoms with E-state index in [1.807, 2.05) is 50.4 Å². The molecule has 1 saturated heterocycles. The molecule has 4 N–H and O–H groups in total. The quantitative estimate of drug-likeness (QED) is 0.427. The molecule has 5 rings (SSSR count). The zero-order chi connectivity index (χ0) is 22.2. The second-order valence-corrected chi connectivity index (χ2v) is 9.20. The Morgan fingerprint density at radius 1 is 1.16 bits per heavy atom. The van der Waals surface area contributed by atoms with Crippen molar-refractivity contribution in [3.8, 4) is 10.7 Å². The van der Waals surface area contributed by atoms with Gasteiger partial charge >= 0.3 is 0 Å². The van der Waals surface area contributed by atoms with E-state index in [-0.39, 0.29) is 18.7 Å². The molecule has 0 aromatic carbocycles. The minimum atomic E-state index is -0.00981. The number of hydrogen-bond donors (Lipinski definition) is 3. The lowest BCUT2D eigenvalue weighted by molar-refractivity contribution is 0.265. The fraction of sp³-hybridized carbons (Fsp3) is 0.304. The van der Waals surface area contributed by atoms with E-state index in [9.17, 15) is 5.11 Å². The maximum atomic E-state index is 9.75. The lowest BCUT2D eigenvalue weighted by Crippen LogP contribution is -2.34. The molecule has 0 aliphatic carbocycles. The Bertz CT molecular complexity index is 1270. The molecule has 0 unspecified atom stereocenters. The zero-order valence-electron chi connectivity index (χ0n) is 18.0. The monoisotopic (exact) mass is 447 g/mol. The second-order valence-electron chi connectivity index (χ2n) is 8.17. The largest absolute Gasteiger partial charge is 0.394 e. The van der Waals surface area contributed by atoms with Crippen molar-refractivity contribution < 1.29 is 5.11 Å². The predicted molar refractivity (Wildman–Crippen MR) is 128 cm³/mol. The van der Waals surface area contributed by atoms with Crippen molar-refractivity contribution in [2.75, 3.05) is 23.4 Å². The number of aliphatic hydroxyl groups is 1. The maximum absolute atomic E-state index is 9.75. The van der Waals surface area contributed by atoms with Crippen molar-refractivity contribution in [2.24, 2.45) is 5.73 Å². The van der Waals surface area contributed by atoms with Gasteiger partial charge in [-0.2, -0.15) is 0 Å². The third kappa shape index (κ3) is 3.90. The minimum Gasteiger partial charge on any atom is -0.394 e. The highest BCUT2D eigenvalue weighted by Crippen LogP contribution is 2.32. The molecule has 5 heterocycles. The normalized spacial score (nSPS) is 18.4. The fourth-order valence-corrected chi connectivity index (χ4v) is 5.09. The number of aromatic nitrogens is 4. The van der Waals surface area contributed by atoms with Crippen LogP contribution in [0.4, 0.5) is 17.5 Å². The Kier molecular flexibility index (Phi) is 5.46. The van der Waals surface area contributed by atoms with Crippen LogP contribution in [0, 0.1) is 13.8 Å². The van der Waals surface area contributed by atoms with Gasteiger partial charge in [0.25, 0.3) is 0 Å². The van der Waals surface area contributed by atoms with Crippen LogP contribution in [0.15, 0.2) is 42.7 Å². The van der Waals surface area contributed by atoms with Gasteiger partial charge in [-0.1, -0.05) is 12.1 Å². The highest BCUT2D eigenvalue weighted by Gasteiger charge is 2.31. The molecule has 4 aromatic heterocycles. The van der Waals surface area contributed by atoms with E-state index in [1.54, 1.807) is 17.5 Å². The number of aliphatic hydroxyl groups excluding tert-OH is 1. The van der Waals surface area contributed by atoms with Crippen molar-refractivity contribution in [3.63, 3.8) is 0 Å². The molecule has 0 bridgehead atoms. The molecule has 8 nitrogen and oxygen atoms in total. The molecule has 1 fully saturated rings. The van der Waals surface area contributed by atoms with Crippen LogP contribution in [-0.2, 0) is 0 Å². The summed E-state index contributed by atoms with van der Waals surface area (Å²) in [5.74, 6) is 2.20. The number of nitrogens with zero attached hydrogens (tertiary/aromatic N) is 5. The summed E-state index contributed by atoms with van der Waals surface area (Å²) >= 11 is 1.58. The number of nitrogens with one attached hydrogen (secondary N) is 1. The summed E-state index contributed by atoms with van der Waals surface area (Å²) in [5.41, 5.74) is 10.0. The van der Waals surface area contributed by atoms with E-state index in [0.717, 1.165) is 44.3 Å². The average Bonchev–Trinajstić information content (AvgIpc) is 3.38. The van der Waals surface area contributed by atoms with Gasteiger partial charge in [0.1, 0.15) is 28.2 Å². The summed E-state index contributed by atoms with van der Waals surface area (Å²) in [5, 5.41) is 13.9. The number of aryl methyl sites for hydroxylation is 2. The molecular weight excluding hydrogens is 422 g/mol. The van der Waals surface area contributed by atoms with Crippen LogP contribution in [0.3, 0.4) is 0 Å². The van der Waals surface area contributed by atoms with Crippen molar-refractivity contribution in [3.05, 3.63) is 53.9 Å². The van der Waals surface area contributed by atoms with E-state index in [4.69, 9.17) is 15.7 Å². The number of fused-ring (bicyclic) bond motifs is 1. The van der Waals surface area contributed by atoms with Crippen LogP contribution in [0.5, 0.6) is 0 Å². The number of hydrogen-bond acceptors (Lipinski definition) is 9. The molecule has 0 saturated carbocycles. The van der Waals surface area contributed by atoms with E-state index >= 15 is 0 Å². The molecular formula is C23H25N7OS. The van der Waals surface area contributed by atoms with Crippen LogP contribution in [0.25, 0.3) is 20.9 Å². The van der Waals surface area contributed by atoms with Gasteiger partial charge in [-0.05, 0) is 43.5 Å². The second kappa shape index (κ2) is 8.42. The van der Waals surface area contributed by atoms with Crippen LogP contribution < -0.4 is 16.0 Å². The Morgan fingerprint density at radius 2 is 2.03 bits per heavy atom. The Balaban J connectivity index is 1.43. The van der Waals surface area contributed by atoms with E-state index in [1.165, 1.54) is 0 Å². The van der Waals surface area contributed by atoms with E-state index < -0.39 is 0 Å². The zero-order valence-corrected chi connectivity index (χ0v) is 18.8. The Labute approximate surface area is 190 Å². The van der Waals surface area contributed by atoms with Crippen LogP contribution in [-0.4, -0.2) is 50.3 Å². The molecule has 4 aromatic rings. The Hall–Kier alpha value is -3.14. The first-order valence-corrected chi connectivity index (χ1v) is 11.4. The smallest absolute Gasteiger partial charge is 0.143 e. The molecule has 0 spiro atoms. The summed E-state index contributed by atoms with van der Waals surface area (Å²) in [6.45, 7) is 4.80. The van der Waals surface area contributed by atoms with Crippen molar-refractivity contribution in [1.82, 2.24) is 19.9 Å². The number of pyridine rings is 3. The van der Waals surface area contributed by atoms with E-state index in [2.05, 4.69) is 20.2 Å². The van der Waals surface area contributed by atoms with Crippen molar-refractivity contribution in [1.29, 1.82) is 0 Å². The molecule has 9 heteroatoms. The highest BCUT2D eigenvalue weighted by molar-refractivity contribution is 7.21. The molecule has 164 valence electrons. The third-order valence-corrected chi connectivity index (χ3v) is 6.76. The summed E-state index contributed by atoms with van der Waals surface area (Å²) in [6.07, 6.45) is 4.37.